The minimum Gasteiger partial charge on any atom is -0.394 e. The summed E-state index contributed by atoms with van der Waals surface area (Å²) in [6.07, 6.45) is 0. The van der Waals surface area contributed by atoms with Crippen LogP contribution in [0.2, 0.25) is 5.02 Å². The van der Waals surface area contributed by atoms with Gasteiger partial charge in [0, 0.05) is 6.07 Å². The number of hydrogen-bond acceptors (Lipinski definition) is 3. The summed E-state index contributed by atoms with van der Waals surface area (Å²) in [7, 11) is 0. The molecule has 0 aliphatic carbocycles. The average molecular weight is 280 g/mol. The van der Waals surface area contributed by atoms with Crippen LogP contribution in [0.15, 0.2) is 30.3 Å². The fourth-order valence-electron chi connectivity index (χ4n) is 1.74. The van der Waals surface area contributed by atoms with Crippen LogP contribution in [0.3, 0.4) is 0 Å². The van der Waals surface area contributed by atoms with Crippen molar-refractivity contribution in [1.82, 2.24) is 9.78 Å². The molecule has 1 heterocycles. The minimum atomic E-state index is -0.301. The molecule has 5 nitrogen and oxygen atoms in total. The highest BCUT2D eigenvalue weighted by atomic mass is 35.5. The average Bonchev–Trinajstić information content (AvgIpc) is 2.70. The van der Waals surface area contributed by atoms with Crippen molar-refractivity contribution < 1.29 is 9.90 Å². The van der Waals surface area contributed by atoms with E-state index in [2.05, 4.69) is 10.4 Å². The van der Waals surface area contributed by atoms with Gasteiger partial charge in [0.15, 0.2) is 0 Å². The molecule has 0 atom stereocenters. The number of hydrogen-bond donors (Lipinski definition) is 2. The third-order valence-corrected chi connectivity index (χ3v) is 2.90. The predicted octanol–water partition coefficient (Wildman–Crippen LogP) is 2.09. The lowest BCUT2D eigenvalue weighted by Gasteiger charge is -2.08. The first-order chi connectivity index (χ1) is 9.11. The Morgan fingerprint density at radius 2 is 2.21 bits per heavy atom. The van der Waals surface area contributed by atoms with Gasteiger partial charge in [-0.2, -0.15) is 5.10 Å². The molecule has 100 valence electrons. The summed E-state index contributed by atoms with van der Waals surface area (Å²) in [5.74, 6) is 0.237. The van der Waals surface area contributed by atoms with E-state index in [0.717, 1.165) is 5.69 Å². The lowest BCUT2D eigenvalue weighted by atomic mass is 10.2. The number of benzene rings is 1. The zero-order chi connectivity index (χ0) is 13.8. The predicted molar refractivity (Wildman–Crippen MR) is 73.5 cm³/mol. The molecule has 6 heteroatoms. The van der Waals surface area contributed by atoms with E-state index in [1.54, 1.807) is 35.0 Å². The number of carbonyl (C=O) groups is 1. The molecule has 1 aromatic carbocycles. The fraction of sp³-hybridized carbons (Fsp3) is 0.231. The van der Waals surface area contributed by atoms with Crippen molar-refractivity contribution in [3.05, 3.63) is 46.6 Å². The van der Waals surface area contributed by atoms with Crippen LogP contribution in [-0.2, 0) is 6.54 Å². The summed E-state index contributed by atoms with van der Waals surface area (Å²) in [4.78, 5) is 12.1. The number of aliphatic hydroxyl groups is 1. The van der Waals surface area contributed by atoms with E-state index in [0.29, 0.717) is 22.9 Å². The molecular formula is C13H14ClN3O2. The second kappa shape index (κ2) is 5.86. The molecule has 0 radical (unpaired) electrons. The number of anilines is 1. The molecule has 1 aromatic heterocycles. The summed E-state index contributed by atoms with van der Waals surface area (Å²) in [6, 6.07) is 8.56. The minimum absolute atomic E-state index is 0.0456. The summed E-state index contributed by atoms with van der Waals surface area (Å²) in [5, 5.41) is 16.3. The van der Waals surface area contributed by atoms with Crippen LogP contribution in [0, 0.1) is 6.92 Å². The van der Waals surface area contributed by atoms with E-state index in [-0.39, 0.29) is 12.5 Å². The van der Waals surface area contributed by atoms with Crippen LogP contribution in [0.5, 0.6) is 0 Å². The summed E-state index contributed by atoms with van der Waals surface area (Å²) in [5.41, 5.74) is 1.17. The van der Waals surface area contributed by atoms with Crippen molar-refractivity contribution in [3.8, 4) is 0 Å². The lowest BCUT2D eigenvalue weighted by Crippen LogP contribution is -2.17. The number of aliphatic hydroxyl groups excluding tert-OH is 1. The van der Waals surface area contributed by atoms with Crippen molar-refractivity contribution in [2.45, 2.75) is 13.5 Å². The van der Waals surface area contributed by atoms with E-state index >= 15 is 0 Å². The van der Waals surface area contributed by atoms with Crippen LogP contribution in [0.25, 0.3) is 0 Å². The SMILES string of the molecule is Cc1cc(NC(=O)c2ccccc2Cl)n(CCO)n1. The summed E-state index contributed by atoms with van der Waals surface area (Å²) >= 11 is 5.97. The second-order valence-corrected chi connectivity index (χ2v) is 4.46. The van der Waals surface area contributed by atoms with Crippen molar-refractivity contribution in [3.63, 3.8) is 0 Å². The molecule has 0 fully saturated rings. The molecule has 0 bridgehead atoms. The molecule has 0 aliphatic heterocycles. The second-order valence-electron chi connectivity index (χ2n) is 4.05. The summed E-state index contributed by atoms with van der Waals surface area (Å²) in [6.45, 7) is 2.10. The van der Waals surface area contributed by atoms with Gasteiger partial charge in [-0.15, -0.1) is 0 Å². The Kier molecular flexibility index (Phi) is 4.19. The number of amides is 1. The van der Waals surface area contributed by atoms with Crippen LogP contribution < -0.4 is 5.32 Å². The Morgan fingerprint density at radius 1 is 1.47 bits per heavy atom. The Labute approximate surface area is 115 Å². The normalized spacial score (nSPS) is 10.5. The first kappa shape index (κ1) is 13.6. The molecule has 1 amide bonds. The van der Waals surface area contributed by atoms with E-state index in [9.17, 15) is 4.79 Å². The Balaban J connectivity index is 2.22. The van der Waals surface area contributed by atoms with Gasteiger partial charge in [0.1, 0.15) is 5.82 Å². The summed E-state index contributed by atoms with van der Waals surface area (Å²) < 4.78 is 1.55. The Morgan fingerprint density at radius 3 is 2.89 bits per heavy atom. The van der Waals surface area contributed by atoms with E-state index in [4.69, 9.17) is 16.7 Å². The first-order valence-electron chi connectivity index (χ1n) is 5.83. The number of aryl methyl sites for hydroxylation is 1. The van der Waals surface area contributed by atoms with Crippen LogP contribution in [0.1, 0.15) is 16.1 Å². The quantitative estimate of drug-likeness (QED) is 0.900. The van der Waals surface area contributed by atoms with Crippen molar-refractivity contribution in [2.24, 2.45) is 0 Å². The van der Waals surface area contributed by atoms with Crippen LogP contribution in [-0.4, -0.2) is 27.4 Å². The number of rotatable bonds is 4. The van der Waals surface area contributed by atoms with Crippen LogP contribution >= 0.6 is 11.6 Å². The standard InChI is InChI=1S/C13H14ClN3O2/c1-9-8-12(17(16-9)6-7-18)15-13(19)10-4-2-3-5-11(10)14/h2-5,8,18H,6-7H2,1H3,(H,15,19). The molecule has 2 aromatic rings. The van der Waals surface area contributed by atoms with Gasteiger partial charge in [-0.3, -0.25) is 4.79 Å². The van der Waals surface area contributed by atoms with Crippen molar-refractivity contribution >= 4 is 23.3 Å². The van der Waals surface area contributed by atoms with Gasteiger partial charge in [0.2, 0.25) is 0 Å². The molecule has 19 heavy (non-hydrogen) atoms. The third-order valence-electron chi connectivity index (χ3n) is 2.57. The van der Waals surface area contributed by atoms with Gasteiger partial charge < -0.3 is 10.4 Å². The first-order valence-corrected chi connectivity index (χ1v) is 6.21. The van der Waals surface area contributed by atoms with E-state index in [1.807, 2.05) is 6.92 Å². The van der Waals surface area contributed by atoms with Crippen LogP contribution in [0.4, 0.5) is 5.82 Å². The highest BCUT2D eigenvalue weighted by Gasteiger charge is 2.13. The fourth-order valence-corrected chi connectivity index (χ4v) is 1.96. The van der Waals surface area contributed by atoms with Crippen molar-refractivity contribution in [1.29, 1.82) is 0 Å². The molecule has 0 saturated carbocycles. The highest BCUT2D eigenvalue weighted by Crippen LogP contribution is 2.17. The molecule has 0 spiro atoms. The number of aromatic nitrogens is 2. The molecule has 0 saturated heterocycles. The smallest absolute Gasteiger partial charge is 0.258 e. The number of halogens is 1. The maximum absolute atomic E-state index is 12.1. The Bertz CT molecular complexity index is 595. The molecular weight excluding hydrogens is 266 g/mol. The maximum Gasteiger partial charge on any atom is 0.258 e. The molecule has 0 unspecified atom stereocenters. The van der Waals surface area contributed by atoms with E-state index in [1.165, 1.54) is 0 Å². The van der Waals surface area contributed by atoms with Gasteiger partial charge in [0.25, 0.3) is 5.91 Å². The third kappa shape index (κ3) is 3.13. The van der Waals surface area contributed by atoms with Crippen molar-refractivity contribution in [2.75, 3.05) is 11.9 Å². The molecule has 2 N–H and O–H groups in total. The zero-order valence-electron chi connectivity index (χ0n) is 10.4. The van der Waals surface area contributed by atoms with Gasteiger partial charge in [-0.1, -0.05) is 23.7 Å². The Hall–Kier alpha value is -1.85. The van der Waals surface area contributed by atoms with Gasteiger partial charge in [-0.05, 0) is 19.1 Å². The number of carbonyl (C=O) groups excluding carboxylic acids is 1. The van der Waals surface area contributed by atoms with Gasteiger partial charge in [0.05, 0.1) is 29.4 Å². The highest BCUT2D eigenvalue weighted by molar-refractivity contribution is 6.34. The number of nitrogens with one attached hydrogen (secondary N) is 1. The zero-order valence-corrected chi connectivity index (χ0v) is 11.2. The lowest BCUT2D eigenvalue weighted by molar-refractivity contribution is 0.102. The number of nitrogens with zero attached hydrogens (tertiary/aromatic N) is 2. The van der Waals surface area contributed by atoms with E-state index < -0.39 is 0 Å². The van der Waals surface area contributed by atoms with Gasteiger partial charge in [-0.25, -0.2) is 4.68 Å². The topological polar surface area (TPSA) is 67.2 Å². The molecule has 0 aliphatic rings. The molecule has 2 rings (SSSR count). The maximum atomic E-state index is 12.1. The van der Waals surface area contributed by atoms with Gasteiger partial charge >= 0.3 is 0 Å². The monoisotopic (exact) mass is 279 g/mol. The largest absolute Gasteiger partial charge is 0.394 e.